The second-order valence-electron chi connectivity index (χ2n) is 5.20. The van der Waals surface area contributed by atoms with Crippen LogP contribution in [0, 0.1) is 12.8 Å². The van der Waals surface area contributed by atoms with Crippen LogP contribution in [0.2, 0.25) is 0 Å². The number of aliphatic hydroxyl groups is 1. The molecule has 2 amide bonds. The highest BCUT2D eigenvalue weighted by molar-refractivity contribution is 9.10. The van der Waals surface area contributed by atoms with Crippen LogP contribution in [-0.2, 0) is 0 Å². The molecule has 1 aromatic rings. The van der Waals surface area contributed by atoms with Crippen molar-refractivity contribution in [2.45, 2.75) is 25.9 Å². The first-order chi connectivity index (χ1) is 8.97. The summed E-state index contributed by atoms with van der Waals surface area (Å²) >= 11 is 3.43. The number of urea groups is 1. The van der Waals surface area contributed by atoms with E-state index < -0.39 is 6.10 Å². The number of rotatable bonds is 4. The lowest BCUT2D eigenvalue weighted by Gasteiger charge is -2.21. The molecule has 1 unspecified atom stereocenters. The summed E-state index contributed by atoms with van der Waals surface area (Å²) in [6.07, 6.45) is 1.73. The van der Waals surface area contributed by atoms with E-state index in [1.54, 1.807) is 7.05 Å². The summed E-state index contributed by atoms with van der Waals surface area (Å²) in [6.45, 7) is 2.37. The predicted molar refractivity (Wildman–Crippen MR) is 79.3 cm³/mol. The zero-order chi connectivity index (χ0) is 14.0. The first kappa shape index (κ1) is 14.3. The highest BCUT2D eigenvalue weighted by Gasteiger charge is 2.31. The number of hydrogen-bond acceptors (Lipinski definition) is 2. The van der Waals surface area contributed by atoms with Crippen molar-refractivity contribution < 1.29 is 9.90 Å². The zero-order valence-corrected chi connectivity index (χ0v) is 12.8. The van der Waals surface area contributed by atoms with E-state index in [1.165, 1.54) is 4.90 Å². The number of anilines is 1. The fourth-order valence-electron chi connectivity index (χ4n) is 1.93. The normalized spacial score (nSPS) is 16.0. The van der Waals surface area contributed by atoms with E-state index in [0.717, 1.165) is 28.6 Å². The molecule has 0 aromatic heterocycles. The highest BCUT2D eigenvalue weighted by Crippen LogP contribution is 2.32. The Hall–Kier alpha value is -1.07. The number of nitrogens with zero attached hydrogens (tertiary/aromatic N) is 1. The van der Waals surface area contributed by atoms with Crippen molar-refractivity contribution in [2.24, 2.45) is 5.92 Å². The average molecular weight is 327 g/mol. The van der Waals surface area contributed by atoms with Gasteiger partial charge in [0, 0.05) is 18.1 Å². The van der Waals surface area contributed by atoms with Crippen LogP contribution in [-0.4, -0.2) is 35.7 Å². The maximum Gasteiger partial charge on any atom is 0.321 e. The number of aryl methyl sites for hydroxylation is 1. The van der Waals surface area contributed by atoms with E-state index in [4.69, 9.17) is 0 Å². The summed E-state index contributed by atoms with van der Waals surface area (Å²) < 4.78 is 0.858. The lowest BCUT2D eigenvalue weighted by molar-refractivity contribution is 0.117. The fourth-order valence-corrected chi connectivity index (χ4v) is 2.52. The third kappa shape index (κ3) is 3.94. The van der Waals surface area contributed by atoms with Gasteiger partial charge in [-0.05, 0) is 59.3 Å². The van der Waals surface area contributed by atoms with Gasteiger partial charge in [0.1, 0.15) is 0 Å². The topological polar surface area (TPSA) is 52.6 Å². The third-order valence-corrected chi connectivity index (χ3v) is 4.00. The van der Waals surface area contributed by atoms with Crippen LogP contribution in [0.5, 0.6) is 0 Å². The molecule has 2 rings (SSSR count). The van der Waals surface area contributed by atoms with Crippen molar-refractivity contribution in [1.29, 1.82) is 0 Å². The van der Waals surface area contributed by atoms with Crippen molar-refractivity contribution in [1.82, 2.24) is 4.90 Å². The summed E-state index contributed by atoms with van der Waals surface area (Å²) in [5.41, 5.74) is 1.87. The number of amides is 2. The quantitative estimate of drug-likeness (QED) is 0.893. The smallest absolute Gasteiger partial charge is 0.321 e. The molecule has 0 spiro atoms. The predicted octanol–water partition coefficient (Wildman–Crippen LogP) is 2.99. The second kappa shape index (κ2) is 5.92. The van der Waals surface area contributed by atoms with E-state index in [1.807, 2.05) is 25.1 Å². The van der Waals surface area contributed by atoms with Crippen LogP contribution >= 0.6 is 15.9 Å². The van der Waals surface area contributed by atoms with Gasteiger partial charge in [0.15, 0.2) is 0 Å². The Morgan fingerprint density at radius 2 is 2.26 bits per heavy atom. The maximum absolute atomic E-state index is 12.0. The van der Waals surface area contributed by atoms with Crippen LogP contribution < -0.4 is 5.32 Å². The van der Waals surface area contributed by atoms with Crippen molar-refractivity contribution in [3.63, 3.8) is 0 Å². The van der Waals surface area contributed by atoms with Crippen LogP contribution in [0.1, 0.15) is 18.4 Å². The Bertz CT molecular complexity index is 475. The van der Waals surface area contributed by atoms with Crippen LogP contribution in [0.15, 0.2) is 22.7 Å². The SMILES string of the molecule is Cc1ccc(NC(=O)N(C)CC(O)C2CC2)c(Br)c1. The molecular formula is C14H19BrN2O2. The number of hydrogen-bond donors (Lipinski definition) is 2. The van der Waals surface area contributed by atoms with Gasteiger partial charge in [0.2, 0.25) is 0 Å². The zero-order valence-electron chi connectivity index (χ0n) is 11.2. The molecule has 1 fully saturated rings. The molecule has 104 valence electrons. The van der Waals surface area contributed by atoms with E-state index in [2.05, 4.69) is 21.2 Å². The molecule has 0 radical (unpaired) electrons. The van der Waals surface area contributed by atoms with Gasteiger partial charge in [-0.2, -0.15) is 0 Å². The summed E-state index contributed by atoms with van der Waals surface area (Å²) in [4.78, 5) is 13.5. The van der Waals surface area contributed by atoms with Crippen molar-refractivity contribution in [3.05, 3.63) is 28.2 Å². The number of nitrogens with one attached hydrogen (secondary N) is 1. The summed E-state index contributed by atoms with van der Waals surface area (Å²) in [5.74, 6) is 0.376. The molecule has 1 aliphatic rings. The van der Waals surface area contributed by atoms with Crippen molar-refractivity contribution >= 4 is 27.6 Å². The second-order valence-corrected chi connectivity index (χ2v) is 6.05. The molecule has 4 nitrogen and oxygen atoms in total. The van der Waals surface area contributed by atoms with Gasteiger partial charge in [0.25, 0.3) is 0 Å². The number of halogens is 1. The first-order valence-electron chi connectivity index (χ1n) is 6.43. The Morgan fingerprint density at radius 3 is 2.84 bits per heavy atom. The van der Waals surface area contributed by atoms with Crippen molar-refractivity contribution in [3.8, 4) is 0 Å². The van der Waals surface area contributed by atoms with Gasteiger partial charge in [-0.3, -0.25) is 0 Å². The summed E-state index contributed by atoms with van der Waals surface area (Å²) in [7, 11) is 1.70. The summed E-state index contributed by atoms with van der Waals surface area (Å²) in [5, 5.41) is 12.7. The van der Waals surface area contributed by atoms with Gasteiger partial charge in [-0.25, -0.2) is 4.79 Å². The third-order valence-electron chi connectivity index (χ3n) is 3.34. The summed E-state index contributed by atoms with van der Waals surface area (Å²) in [6, 6.07) is 5.56. The first-order valence-corrected chi connectivity index (χ1v) is 7.23. The minimum absolute atomic E-state index is 0.204. The molecule has 5 heteroatoms. The van der Waals surface area contributed by atoms with Crippen molar-refractivity contribution in [2.75, 3.05) is 18.9 Å². The maximum atomic E-state index is 12.0. The number of carbonyl (C=O) groups is 1. The van der Waals surface area contributed by atoms with E-state index in [9.17, 15) is 9.90 Å². The molecule has 1 aliphatic carbocycles. The number of likely N-dealkylation sites (N-methyl/N-ethyl adjacent to an activating group) is 1. The van der Waals surface area contributed by atoms with E-state index in [0.29, 0.717) is 12.5 Å². The van der Waals surface area contributed by atoms with Crippen LogP contribution in [0.25, 0.3) is 0 Å². The Kier molecular flexibility index (Phi) is 4.47. The standard InChI is InChI=1S/C14H19BrN2O2/c1-9-3-6-12(11(15)7-9)16-14(19)17(2)8-13(18)10-4-5-10/h3,6-7,10,13,18H,4-5,8H2,1-2H3,(H,16,19). The van der Waals surface area contributed by atoms with Gasteiger partial charge >= 0.3 is 6.03 Å². The molecule has 0 heterocycles. The van der Waals surface area contributed by atoms with E-state index >= 15 is 0 Å². The molecule has 0 bridgehead atoms. The van der Waals surface area contributed by atoms with Crippen LogP contribution in [0.3, 0.4) is 0 Å². The van der Waals surface area contributed by atoms with E-state index in [-0.39, 0.29) is 6.03 Å². The lowest BCUT2D eigenvalue weighted by atomic mass is 10.2. The molecule has 1 saturated carbocycles. The molecule has 2 N–H and O–H groups in total. The average Bonchev–Trinajstić information content (AvgIpc) is 3.16. The number of aliphatic hydroxyl groups excluding tert-OH is 1. The van der Waals surface area contributed by atoms with Gasteiger partial charge in [0.05, 0.1) is 11.8 Å². The minimum Gasteiger partial charge on any atom is -0.391 e. The molecule has 0 aliphatic heterocycles. The Balaban J connectivity index is 1.91. The molecule has 1 atom stereocenters. The lowest BCUT2D eigenvalue weighted by Crippen LogP contribution is -2.38. The molecule has 19 heavy (non-hydrogen) atoms. The van der Waals surface area contributed by atoms with Gasteiger partial charge < -0.3 is 15.3 Å². The molecule has 0 saturated heterocycles. The number of benzene rings is 1. The van der Waals surface area contributed by atoms with Crippen LogP contribution in [0.4, 0.5) is 10.5 Å². The Morgan fingerprint density at radius 1 is 1.58 bits per heavy atom. The molecule has 1 aromatic carbocycles. The molecular weight excluding hydrogens is 308 g/mol. The number of carbonyl (C=O) groups excluding carboxylic acids is 1. The largest absolute Gasteiger partial charge is 0.391 e. The minimum atomic E-state index is -0.405. The fraction of sp³-hybridized carbons (Fsp3) is 0.500. The van der Waals surface area contributed by atoms with Gasteiger partial charge in [-0.15, -0.1) is 0 Å². The van der Waals surface area contributed by atoms with Gasteiger partial charge in [-0.1, -0.05) is 6.07 Å². The Labute approximate surface area is 121 Å². The highest BCUT2D eigenvalue weighted by atomic mass is 79.9. The monoisotopic (exact) mass is 326 g/mol.